The van der Waals surface area contributed by atoms with E-state index in [1.54, 1.807) is 0 Å². The summed E-state index contributed by atoms with van der Waals surface area (Å²) < 4.78 is 0. The van der Waals surface area contributed by atoms with Gasteiger partial charge in [-0.25, -0.2) is 0 Å². The molecule has 1 saturated heterocycles. The zero-order valence-electron chi connectivity index (χ0n) is 10.2. The van der Waals surface area contributed by atoms with Gasteiger partial charge in [-0.3, -0.25) is 9.69 Å². The molecule has 0 aromatic rings. The van der Waals surface area contributed by atoms with Crippen LogP contribution in [-0.2, 0) is 4.79 Å². The molecule has 2 aliphatic rings. The van der Waals surface area contributed by atoms with Gasteiger partial charge in [0.25, 0.3) is 0 Å². The second-order valence-electron chi connectivity index (χ2n) is 4.94. The summed E-state index contributed by atoms with van der Waals surface area (Å²) in [7, 11) is 0. The van der Waals surface area contributed by atoms with Crippen LogP contribution < -0.4 is 10.6 Å². The van der Waals surface area contributed by atoms with Gasteiger partial charge in [-0.15, -0.1) is 0 Å². The van der Waals surface area contributed by atoms with Crippen LogP contribution >= 0.6 is 0 Å². The van der Waals surface area contributed by atoms with E-state index in [0.29, 0.717) is 12.3 Å². The first kappa shape index (κ1) is 11.9. The van der Waals surface area contributed by atoms with Crippen LogP contribution in [0.3, 0.4) is 0 Å². The minimum atomic E-state index is 0.221. The van der Waals surface area contributed by atoms with E-state index in [1.807, 2.05) is 0 Å². The number of nitrogens with one attached hydrogen (secondary N) is 2. The monoisotopic (exact) mass is 225 g/mol. The first-order valence-corrected chi connectivity index (χ1v) is 6.51. The highest BCUT2D eigenvalue weighted by Crippen LogP contribution is 2.25. The van der Waals surface area contributed by atoms with Crippen molar-refractivity contribution in [1.82, 2.24) is 15.5 Å². The Bertz CT molecular complexity index is 236. The molecular weight excluding hydrogens is 202 g/mol. The van der Waals surface area contributed by atoms with Crippen LogP contribution in [0.15, 0.2) is 0 Å². The van der Waals surface area contributed by atoms with E-state index in [4.69, 9.17) is 0 Å². The number of nitrogens with zero attached hydrogens (tertiary/aromatic N) is 1. The summed E-state index contributed by atoms with van der Waals surface area (Å²) in [5.41, 5.74) is 0. The molecule has 1 heterocycles. The fraction of sp³-hybridized carbons (Fsp3) is 0.917. The van der Waals surface area contributed by atoms with Crippen molar-refractivity contribution in [3.63, 3.8) is 0 Å². The van der Waals surface area contributed by atoms with Gasteiger partial charge >= 0.3 is 0 Å². The number of carbonyl (C=O) groups is 1. The van der Waals surface area contributed by atoms with Gasteiger partial charge in [0, 0.05) is 25.6 Å². The second-order valence-corrected chi connectivity index (χ2v) is 4.94. The van der Waals surface area contributed by atoms with Crippen LogP contribution in [0.25, 0.3) is 0 Å². The van der Waals surface area contributed by atoms with Crippen LogP contribution in [0.2, 0.25) is 0 Å². The number of amides is 1. The Morgan fingerprint density at radius 3 is 2.69 bits per heavy atom. The molecule has 16 heavy (non-hydrogen) atoms. The largest absolute Gasteiger partial charge is 0.355 e. The third-order valence-corrected chi connectivity index (χ3v) is 3.53. The lowest BCUT2D eigenvalue weighted by Gasteiger charge is -2.26. The molecule has 2 rings (SSSR count). The van der Waals surface area contributed by atoms with E-state index >= 15 is 0 Å². The summed E-state index contributed by atoms with van der Waals surface area (Å²) >= 11 is 0. The summed E-state index contributed by atoms with van der Waals surface area (Å²) in [4.78, 5) is 14.0. The SMILES string of the molecule is CCN(CCNC(=O)CC1CNC1)C1CC1. The van der Waals surface area contributed by atoms with Gasteiger partial charge in [0.1, 0.15) is 0 Å². The molecule has 0 radical (unpaired) electrons. The van der Waals surface area contributed by atoms with Crippen LogP contribution in [0.1, 0.15) is 26.2 Å². The van der Waals surface area contributed by atoms with E-state index < -0.39 is 0 Å². The molecule has 0 aromatic heterocycles. The fourth-order valence-electron chi connectivity index (χ4n) is 2.20. The lowest BCUT2D eigenvalue weighted by atomic mass is 9.99. The van der Waals surface area contributed by atoms with Gasteiger partial charge in [-0.2, -0.15) is 0 Å². The summed E-state index contributed by atoms with van der Waals surface area (Å²) in [6, 6.07) is 0.803. The Morgan fingerprint density at radius 2 is 2.19 bits per heavy atom. The zero-order chi connectivity index (χ0) is 11.4. The van der Waals surface area contributed by atoms with E-state index in [2.05, 4.69) is 22.5 Å². The van der Waals surface area contributed by atoms with Crippen LogP contribution in [0, 0.1) is 5.92 Å². The van der Waals surface area contributed by atoms with Crippen molar-refractivity contribution < 1.29 is 4.79 Å². The van der Waals surface area contributed by atoms with Crippen molar-refractivity contribution in [2.45, 2.75) is 32.2 Å². The van der Waals surface area contributed by atoms with E-state index in [1.165, 1.54) is 12.8 Å². The lowest BCUT2D eigenvalue weighted by molar-refractivity contribution is -0.122. The highest BCUT2D eigenvalue weighted by Gasteiger charge is 2.27. The lowest BCUT2D eigenvalue weighted by Crippen LogP contribution is -2.45. The van der Waals surface area contributed by atoms with Crippen molar-refractivity contribution in [2.75, 3.05) is 32.7 Å². The quantitative estimate of drug-likeness (QED) is 0.650. The molecular formula is C12H23N3O. The minimum Gasteiger partial charge on any atom is -0.355 e. The summed E-state index contributed by atoms with van der Waals surface area (Å²) in [5.74, 6) is 0.795. The van der Waals surface area contributed by atoms with Crippen molar-refractivity contribution in [1.29, 1.82) is 0 Å². The predicted octanol–water partition coefficient (Wildman–Crippen LogP) is 0.196. The number of hydrogen-bond acceptors (Lipinski definition) is 3. The standard InChI is InChI=1S/C12H23N3O/c1-2-15(11-3-4-11)6-5-14-12(16)7-10-8-13-9-10/h10-11,13H,2-9H2,1H3,(H,14,16). The number of likely N-dealkylation sites (N-methyl/N-ethyl adjacent to an activating group) is 1. The van der Waals surface area contributed by atoms with Gasteiger partial charge in [0.2, 0.25) is 5.91 Å². The fourth-order valence-corrected chi connectivity index (χ4v) is 2.20. The van der Waals surface area contributed by atoms with E-state index in [0.717, 1.165) is 38.8 Å². The van der Waals surface area contributed by atoms with E-state index in [9.17, 15) is 4.79 Å². The Labute approximate surface area is 97.8 Å². The number of rotatable bonds is 7. The minimum absolute atomic E-state index is 0.221. The number of carbonyl (C=O) groups excluding carboxylic acids is 1. The molecule has 1 amide bonds. The normalized spacial score (nSPS) is 20.9. The smallest absolute Gasteiger partial charge is 0.220 e. The maximum atomic E-state index is 11.5. The molecule has 1 aliphatic carbocycles. The molecule has 0 aromatic carbocycles. The first-order valence-electron chi connectivity index (χ1n) is 6.51. The van der Waals surface area contributed by atoms with Gasteiger partial charge in [-0.1, -0.05) is 6.92 Å². The summed E-state index contributed by atoms with van der Waals surface area (Å²) in [6.45, 7) is 7.14. The molecule has 0 atom stereocenters. The highest BCUT2D eigenvalue weighted by atomic mass is 16.1. The van der Waals surface area contributed by atoms with Crippen molar-refractivity contribution in [3.05, 3.63) is 0 Å². The average Bonchev–Trinajstić information content (AvgIpc) is 3.02. The molecule has 2 N–H and O–H groups in total. The molecule has 0 spiro atoms. The summed E-state index contributed by atoms with van der Waals surface area (Å²) in [6.07, 6.45) is 3.38. The molecule has 4 heteroatoms. The predicted molar refractivity (Wildman–Crippen MR) is 64.3 cm³/mol. The Balaban J connectivity index is 1.53. The highest BCUT2D eigenvalue weighted by molar-refractivity contribution is 5.76. The van der Waals surface area contributed by atoms with Gasteiger partial charge < -0.3 is 10.6 Å². The maximum absolute atomic E-state index is 11.5. The van der Waals surface area contributed by atoms with Gasteiger partial charge in [0.15, 0.2) is 0 Å². The topological polar surface area (TPSA) is 44.4 Å². The number of hydrogen-bond donors (Lipinski definition) is 2. The molecule has 2 fully saturated rings. The third kappa shape index (κ3) is 3.46. The maximum Gasteiger partial charge on any atom is 0.220 e. The third-order valence-electron chi connectivity index (χ3n) is 3.53. The second kappa shape index (κ2) is 5.64. The Kier molecular flexibility index (Phi) is 4.18. The molecule has 4 nitrogen and oxygen atoms in total. The van der Waals surface area contributed by atoms with Crippen LogP contribution in [0.5, 0.6) is 0 Å². The Hall–Kier alpha value is -0.610. The van der Waals surface area contributed by atoms with E-state index in [-0.39, 0.29) is 5.91 Å². The van der Waals surface area contributed by atoms with Crippen molar-refractivity contribution >= 4 is 5.91 Å². The van der Waals surface area contributed by atoms with Crippen molar-refractivity contribution in [3.8, 4) is 0 Å². The van der Waals surface area contributed by atoms with Crippen LogP contribution in [0.4, 0.5) is 0 Å². The van der Waals surface area contributed by atoms with Gasteiger partial charge in [0.05, 0.1) is 0 Å². The van der Waals surface area contributed by atoms with Crippen molar-refractivity contribution in [2.24, 2.45) is 5.92 Å². The Morgan fingerprint density at radius 1 is 1.44 bits per heavy atom. The molecule has 1 saturated carbocycles. The first-order chi connectivity index (χ1) is 7.79. The summed E-state index contributed by atoms with van der Waals surface area (Å²) in [5, 5.41) is 6.21. The molecule has 0 unspecified atom stereocenters. The van der Waals surface area contributed by atoms with Crippen LogP contribution in [-0.4, -0.2) is 49.6 Å². The van der Waals surface area contributed by atoms with Gasteiger partial charge in [-0.05, 0) is 38.4 Å². The molecule has 92 valence electrons. The molecule has 1 aliphatic heterocycles. The average molecular weight is 225 g/mol. The zero-order valence-corrected chi connectivity index (χ0v) is 10.2. The molecule has 0 bridgehead atoms.